The zero-order valence-corrected chi connectivity index (χ0v) is 48.4. The second-order valence-electron chi connectivity index (χ2n) is 20.9. The van der Waals surface area contributed by atoms with E-state index in [1.54, 1.807) is 0 Å². The topological polar surface area (TPSA) is 78.9 Å². The molecule has 422 valence electrons. The van der Waals surface area contributed by atoms with Gasteiger partial charge >= 0.3 is 17.9 Å². The Morgan fingerprint density at radius 3 is 0.849 bits per heavy atom. The molecule has 0 saturated carbocycles. The maximum absolute atomic E-state index is 12.8. The molecule has 0 spiro atoms. The second kappa shape index (κ2) is 61.4. The minimum absolute atomic E-state index is 0.0738. The summed E-state index contributed by atoms with van der Waals surface area (Å²) in [6, 6.07) is 0. The van der Waals surface area contributed by atoms with Crippen molar-refractivity contribution in [1.82, 2.24) is 0 Å². The van der Waals surface area contributed by atoms with Crippen LogP contribution in [0.15, 0.2) is 72.9 Å². The van der Waals surface area contributed by atoms with Gasteiger partial charge in [0.15, 0.2) is 6.10 Å². The summed E-state index contributed by atoms with van der Waals surface area (Å²) in [5.74, 6) is -0.871. The number of allylic oxidation sites excluding steroid dienone is 12. The standard InChI is InChI=1S/C67H118O6/c1-4-7-10-13-16-19-21-23-25-27-29-30-31-32-33-34-35-36-37-38-39-41-42-44-46-48-51-54-57-60-66(69)72-63-64(62-71-65(68)59-56-53-50-18-15-12-9-6-3)73-67(70)61-58-55-52-49-47-45-43-40-28-26-24-22-20-17-14-11-8-5-2/h7,10,16,19,23,25-26,28-30,32-33,64H,4-6,8-9,11-15,17-18,20-22,24,27,31,34-63H2,1-3H3/b10-7-,19-16-,25-23-,28-26-,30-29-,33-32-. The fraction of sp³-hybridized carbons (Fsp3) is 0.776. The highest BCUT2D eigenvalue weighted by Gasteiger charge is 2.19. The Labute approximate surface area is 453 Å². The predicted molar refractivity (Wildman–Crippen MR) is 316 cm³/mol. The van der Waals surface area contributed by atoms with Gasteiger partial charge in [0, 0.05) is 19.3 Å². The summed E-state index contributed by atoms with van der Waals surface area (Å²) < 4.78 is 16.9. The van der Waals surface area contributed by atoms with Crippen molar-refractivity contribution in [2.75, 3.05) is 13.2 Å². The summed E-state index contributed by atoms with van der Waals surface area (Å²) in [6.45, 7) is 6.52. The monoisotopic (exact) mass is 1020 g/mol. The fourth-order valence-corrected chi connectivity index (χ4v) is 9.00. The number of carbonyl (C=O) groups is 3. The average Bonchev–Trinajstić information content (AvgIpc) is 3.39. The van der Waals surface area contributed by atoms with Crippen LogP contribution in [0.25, 0.3) is 0 Å². The summed E-state index contributed by atoms with van der Waals surface area (Å²) in [5, 5.41) is 0. The van der Waals surface area contributed by atoms with E-state index in [0.29, 0.717) is 19.3 Å². The molecule has 1 unspecified atom stereocenters. The third kappa shape index (κ3) is 59.6. The number of unbranched alkanes of at least 4 members (excludes halogenated alkanes) is 34. The van der Waals surface area contributed by atoms with Gasteiger partial charge in [0.1, 0.15) is 13.2 Å². The van der Waals surface area contributed by atoms with Gasteiger partial charge in [0.05, 0.1) is 0 Å². The van der Waals surface area contributed by atoms with E-state index in [0.717, 1.165) is 89.9 Å². The molecule has 0 bridgehead atoms. The van der Waals surface area contributed by atoms with Gasteiger partial charge < -0.3 is 14.2 Å². The predicted octanol–water partition coefficient (Wildman–Crippen LogP) is 21.3. The van der Waals surface area contributed by atoms with Gasteiger partial charge in [-0.3, -0.25) is 14.4 Å². The largest absolute Gasteiger partial charge is 0.462 e. The molecular formula is C67H118O6. The molecule has 0 heterocycles. The van der Waals surface area contributed by atoms with E-state index < -0.39 is 6.10 Å². The van der Waals surface area contributed by atoms with Gasteiger partial charge in [-0.25, -0.2) is 0 Å². The molecule has 0 aromatic carbocycles. The van der Waals surface area contributed by atoms with E-state index >= 15 is 0 Å². The molecule has 0 saturated heterocycles. The SMILES string of the molecule is CC/C=C\C/C=C\C/C=C\C/C=C\C/C=C\CCCCCCCCCCCCCCCC(=O)OCC(COC(=O)CCCCCCCCCC)OC(=O)CCCCCCCCC/C=C\CCCCCCCCC. The van der Waals surface area contributed by atoms with Gasteiger partial charge in [-0.05, 0) is 89.9 Å². The summed E-state index contributed by atoms with van der Waals surface area (Å²) >= 11 is 0. The van der Waals surface area contributed by atoms with Gasteiger partial charge in [-0.1, -0.05) is 280 Å². The van der Waals surface area contributed by atoms with Crippen LogP contribution >= 0.6 is 0 Å². The molecule has 0 amide bonds. The number of hydrogen-bond acceptors (Lipinski definition) is 6. The Hall–Kier alpha value is -3.15. The molecule has 0 aliphatic rings. The van der Waals surface area contributed by atoms with E-state index in [-0.39, 0.29) is 31.1 Å². The van der Waals surface area contributed by atoms with Crippen molar-refractivity contribution in [2.45, 2.75) is 322 Å². The normalized spacial score (nSPS) is 12.5. The molecule has 0 fully saturated rings. The molecule has 6 nitrogen and oxygen atoms in total. The molecular weight excluding hydrogens is 901 g/mol. The minimum Gasteiger partial charge on any atom is -0.462 e. The zero-order valence-electron chi connectivity index (χ0n) is 48.4. The maximum atomic E-state index is 12.8. The lowest BCUT2D eigenvalue weighted by Gasteiger charge is -2.18. The summed E-state index contributed by atoms with van der Waals surface area (Å²) in [6.07, 6.45) is 79.2. The van der Waals surface area contributed by atoms with E-state index in [9.17, 15) is 14.4 Å². The average molecular weight is 1020 g/mol. The Morgan fingerprint density at radius 1 is 0.288 bits per heavy atom. The Kier molecular flexibility index (Phi) is 58.7. The number of carbonyl (C=O) groups excluding carboxylic acids is 3. The van der Waals surface area contributed by atoms with Crippen LogP contribution < -0.4 is 0 Å². The van der Waals surface area contributed by atoms with Crippen molar-refractivity contribution in [3.05, 3.63) is 72.9 Å². The molecule has 0 aromatic heterocycles. The molecule has 0 aliphatic heterocycles. The lowest BCUT2D eigenvalue weighted by molar-refractivity contribution is -0.167. The van der Waals surface area contributed by atoms with E-state index in [1.807, 2.05) is 0 Å². The quantitative estimate of drug-likeness (QED) is 0.0261. The van der Waals surface area contributed by atoms with Crippen LogP contribution in [0.1, 0.15) is 316 Å². The van der Waals surface area contributed by atoms with Crippen molar-refractivity contribution >= 4 is 17.9 Å². The van der Waals surface area contributed by atoms with Crippen molar-refractivity contribution in [3.63, 3.8) is 0 Å². The first-order chi connectivity index (χ1) is 36.0. The zero-order chi connectivity index (χ0) is 52.9. The first-order valence-corrected chi connectivity index (χ1v) is 31.4. The van der Waals surface area contributed by atoms with E-state index in [1.165, 1.54) is 186 Å². The maximum Gasteiger partial charge on any atom is 0.306 e. The summed E-state index contributed by atoms with van der Waals surface area (Å²) in [4.78, 5) is 38.1. The number of hydrogen-bond donors (Lipinski definition) is 0. The lowest BCUT2D eigenvalue weighted by Crippen LogP contribution is -2.30. The van der Waals surface area contributed by atoms with Crippen molar-refractivity contribution < 1.29 is 28.6 Å². The molecule has 0 aromatic rings. The lowest BCUT2D eigenvalue weighted by atomic mass is 10.0. The summed E-state index contributed by atoms with van der Waals surface area (Å²) in [5.41, 5.74) is 0. The van der Waals surface area contributed by atoms with Gasteiger partial charge in [0.2, 0.25) is 0 Å². The van der Waals surface area contributed by atoms with E-state index in [2.05, 4.69) is 93.7 Å². The Bertz CT molecular complexity index is 1360. The molecule has 0 aliphatic carbocycles. The van der Waals surface area contributed by atoms with Crippen LogP contribution in [0.3, 0.4) is 0 Å². The molecule has 1 atom stereocenters. The van der Waals surface area contributed by atoms with Crippen LogP contribution in [-0.4, -0.2) is 37.2 Å². The molecule has 0 N–H and O–H groups in total. The Morgan fingerprint density at radius 2 is 0.534 bits per heavy atom. The van der Waals surface area contributed by atoms with E-state index in [4.69, 9.17) is 14.2 Å². The van der Waals surface area contributed by atoms with Crippen molar-refractivity contribution in [3.8, 4) is 0 Å². The molecule has 0 rings (SSSR count). The minimum atomic E-state index is -0.774. The fourth-order valence-electron chi connectivity index (χ4n) is 9.00. The number of esters is 3. The van der Waals surface area contributed by atoms with Crippen LogP contribution in [-0.2, 0) is 28.6 Å². The Balaban J connectivity index is 4.13. The highest BCUT2D eigenvalue weighted by molar-refractivity contribution is 5.71. The highest BCUT2D eigenvalue weighted by atomic mass is 16.6. The summed E-state index contributed by atoms with van der Waals surface area (Å²) in [7, 11) is 0. The smallest absolute Gasteiger partial charge is 0.306 e. The first kappa shape index (κ1) is 69.8. The highest BCUT2D eigenvalue weighted by Crippen LogP contribution is 2.16. The van der Waals surface area contributed by atoms with Crippen molar-refractivity contribution in [1.29, 1.82) is 0 Å². The second-order valence-corrected chi connectivity index (χ2v) is 20.9. The van der Waals surface area contributed by atoms with Crippen LogP contribution in [0.5, 0.6) is 0 Å². The third-order valence-electron chi connectivity index (χ3n) is 13.7. The van der Waals surface area contributed by atoms with Crippen LogP contribution in [0.4, 0.5) is 0 Å². The van der Waals surface area contributed by atoms with Crippen molar-refractivity contribution in [2.24, 2.45) is 0 Å². The molecule has 73 heavy (non-hydrogen) atoms. The number of rotatable bonds is 57. The number of ether oxygens (including phenoxy) is 3. The van der Waals surface area contributed by atoms with Crippen LogP contribution in [0.2, 0.25) is 0 Å². The first-order valence-electron chi connectivity index (χ1n) is 31.4. The molecule has 0 radical (unpaired) electrons. The van der Waals surface area contributed by atoms with Crippen LogP contribution in [0, 0.1) is 0 Å². The van der Waals surface area contributed by atoms with Gasteiger partial charge in [0.25, 0.3) is 0 Å². The third-order valence-corrected chi connectivity index (χ3v) is 13.7. The van der Waals surface area contributed by atoms with Gasteiger partial charge in [-0.2, -0.15) is 0 Å². The molecule has 6 heteroatoms. The van der Waals surface area contributed by atoms with Gasteiger partial charge in [-0.15, -0.1) is 0 Å².